The van der Waals surface area contributed by atoms with E-state index < -0.39 is 0 Å². The standard InChI is InChI=1S/C13H25N3O2/c1-2-3-11-8-10(4-7-18-11)16-6-5-15-9-12(16)13(14)17/h10-12,15H,2-9H2,1H3,(H2,14,17). The summed E-state index contributed by atoms with van der Waals surface area (Å²) in [5, 5.41) is 3.25. The van der Waals surface area contributed by atoms with Crippen LogP contribution in [0.2, 0.25) is 0 Å². The van der Waals surface area contributed by atoms with Crippen molar-refractivity contribution in [2.75, 3.05) is 26.2 Å². The van der Waals surface area contributed by atoms with Crippen LogP contribution in [0.4, 0.5) is 0 Å². The zero-order chi connectivity index (χ0) is 13.0. The molecule has 3 atom stereocenters. The molecule has 0 radical (unpaired) electrons. The van der Waals surface area contributed by atoms with Crippen molar-refractivity contribution in [3.63, 3.8) is 0 Å². The van der Waals surface area contributed by atoms with Crippen molar-refractivity contribution in [1.29, 1.82) is 0 Å². The van der Waals surface area contributed by atoms with Gasteiger partial charge in [-0.2, -0.15) is 0 Å². The molecule has 5 heteroatoms. The van der Waals surface area contributed by atoms with Crippen LogP contribution in [0.1, 0.15) is 32.6 Å². The van der Waals surface area contributed by atoms with E-state index in [0.717, 1.165) is 45.4 Å². The van der Waals surface area contributed by atoms with Crippen LogP contribution < -0.4 is 11.1 Å². The first kappa shape index (κ1) is 13.8. The number of carbonyl (C=O) groups is 1. The Morgan fingerprint density at radius 1 is 1.56 bits per heavy atom. The second-order valence-electron chi connectivity index (χ2n) is 5.32. The van der Waals surface area contributed by atoms with Gasteiger partial charge < -0.3 is 15.8 Å². The van der Waals surface area contributed by atoms with Crippen molar-refractivity contribution < 1.29 is 9.53 Å². The number of ether oxygens (including phenoxy) is 1. The summed E-state index contributed by atoms with van der Waals surface area (Å²) in [6.07, 6.45) is 4.68. The highest BCUT2D eigenvalue weighted by Gasteiger charge is 2.35. The topological polar surface area (TPSA) is 67.6 Å². The molecule has 2 aliphatic heterocycles. The maximum absolute atomic E-state index is 11.5. The van der Waals surface area contributed by atoms with Crippen molar-refractivity contribution in [3.05, 3.63) is 0 Å². The number of rotatable bonds is 4. The van der Waals surface area contributed by atoms with Gasteiger partial charge in [0.05, 0.1) is 6.10 Å². The van der Waals surface area contributed by atoms with E-state index in [0.29, 0.717) is 18.7 Å². The first-order valence-electron chi connectivity index (χ1n) is 7.09. The molecule has 2 saturated heterocycles. The lowest BCUT2D eigenvalue weighted by Gasteiger charge is -2.43. The van der Waals surface area contributed by atoms with E-state index in [2.05, 4.69) is 17.1 Å². The summed E-state index contributed by atoms with van der Waals surface area (Å²) in [7, 11) is 0. The number of amides is 1. The van der Waals surface area contributed by atoms with Crippen LogP contribution >= 0.6 is 0 Å². The van der Waals surface area contributed by atoms with Gasteiger partial charge in [0.2, 0.25) is 5.91 Å². The Bertz CT molecular complexity index is 283. The first-order valence-corrected chi connectivity index (χ1v) is 7.09. The van der Waals surface area contributed by atoms with Gasteiger partial charge >= 0.3 is 0 Å². The Morgan fingerprint density at radius 3 is 3.11 bits per heavy atom. The lowest BCUT2D eigenvalue weighted by molar-refractivity contribution is -0.127. The second-order valence-corrected chi connectivity index (χ2v) is 5.32. The maximum Gasteiger partial charge on any atom is 0.236 e. The van der Waals surface area contributed by atoms with E-state index >= 15 is 0 Å². The molecule has 3 N–H and O–H groups in total. The summed E-state index contributed by atoms with van der Waals surface area (Å²) in [6, 6.07) is 0.305. The molecule has 2 fully saturated rings. The number of primary amides is 1. The summed E-state index contributed by atoms with van der Waals surface area (Å²) in [4.78, 5) is 13.8. The van der Waals surface area contributed by atoms with Crippen molar-refractivity contribution in [2.45, 2.75) is 50.8 Å². The number of hydrogen-bond donors (Lipinski definition) is 2. The lowest BCUT2D eigenvalue weighted by Crippen LogP contribution is -2.61. The molecule has 18 heavy (non-hydrogen) atoms. The normalized spacial score (nSPS) is 34.4. The van der Waals surface area contributed by atoms with Crippen LogP contribution in [0.15, 0.2) is 0 Å². The number of nitrogens with two attached hydrogens (primary N) is 1. The van der Waals surface area contributed by atoms with Crippen molar-refractivity contribution in [2.24, 2.45) is 5.73 Å². The van der Waals surface area contributed by atoms with Gasteiger partial charge in [-0.25, -0.2) is 0 Å². The Morgan fingerprint density at radius 2 is 2.39 bits per heavy atom. The molecule has 2 aliphatic rings. The molecule has 0 aromatic rings. The summed E-state index contributed by atoms with van der Waals surface area (Å²) >= 11 is 0. The fourth-order valence-corrected chi connectivity index (χ4v) is 3.11. The van der Waals surface area contributed by atoms with Gasteiger partial charge in [0.15, 0.2) is 0 Å². The molecule has 0 saturated carbocycles. The minimum Gasteiger partial charge on any atom is -0.378 e. The smallest absolute Gasteiger partial charge is 0.236 e. The number of nitrogens with one attached hydrogen (secondary N) is 1. The number of hydrogen-bond acceptors (Lipinski definition) is 4. The van der Waals surface area contributed by atoms with Crippen LogP contribution in [0, 0.1) is 0 Å². The lowest BCUT2D eigenvalue weighted by atomic mass is 9.96. The van der Waals surface area contributed by atoms with Crippen molar-refractivity contribution >= 4 is 5.91 Å². The van der Waals surface area contributed by atoms with Gasteiger partial charge in [-0.15, -0.1) is 0 Å². The van der Waals surface area contributed by atoms with E-state index in [1.807, 2.05) is 0 Å². The van der Waals surface area contributed by atoms with Gasteiger partial charge in [-0.1, -0.05) is 13.3 Å². The van der Waals surface area contributed by atoms with Crippen LogP contribution in [-0.4, -0.2) is 55.2 Å². The third-order valence-electron chi connectivity index (χ3n) is 4.03. The van der Waals surface area contributed by atoms with E-state index in [-0.39, 0.29) is 11.9 Å². The third-order valence-corrected chi connectivity index (χ3v) is 4.03. The Labute approximate surface area is 109 Å². The zero-order valence-electron chi connectivity index (χ0n) is 11.2. The highest BCUT2D eigenvalue weighted by Crippen LogP contribution is 2.24. The van der Waals surface area contributed by atoms with Crippen LogP contribution in [-0.2, 0) is 9.53 Å². The fraction of sp³-hybridized carbons (Fsp3) is 0.923. The summed E-state index contributed by atoms with van der Waals surface area (Å²) in [5.41, 5.74) is 5.51. The van der Waals surface area contributed by atoms with E-state index in [9.17, 15) is 4.79 Å². The highest BCUT2D eigenvalue weighted by molar-refractivity contribution is 5.80. The number of piperazine rings is 1. The minimum atomic E-state index is -0.208. The molecule has 0 bridgehead atoms. The monoisotopic (exact) mass is 255 g/mol. The molecular formula is C13H25N3O2. The zero-order valence-corrected chi connectivity index (χ0v) is 11.2. The van der Waals surface area contributed by atoms with Gasteiger partial charge in [0.1, 0.15) is 6.04 Å². The van der Waals surface area contributed by atoms with Crippen molar-refractivity contribution in [3.8, 4) is 0 Å². The molecule has 2 heterocycles. The third kappa shape index (κ3) is 3.22. The molecule has 3 unspecified atom stereocenters. The Balaban J connectivity index is 1.97. The van der Waals surface area contributed by atoms with Crippen LogP contribution in [0.3, 0.4) is 0 Å². The summed E-state index contributed by atoms with van der Waals surface area (Å²) in [5.74, 6) is -0.208. The molecule has 0 aromatic heterocycles. The molecule has 1 amide bonds. The van der Waals surface area contributed by atoms with Crippen molar-refractivity contribution in [1.82, 2.24) is 10.2 Å². The minimum absolute atomic E-state index is 0.149. The first-order chi connectivity index (χ1) is 8.72. The molecule has 0 aromatic carbocycles. The molecular weight excluding hydrogens is 230 g/mol. The molecule has 0 spiro atoms. The number of nitrogens with zero attached hydrogens (tertiary/aromatic N) is 1. The Kier molecular flexibility index (Phi) is 4.97. The Hall–Kier alpha value is -0.650. The largest absolute Gasteiger partial charge is 0.378 e. The van der Waals surface area contributed by atoms with E-state index in [1.54, 1.807) is 0 Å². The van der Waals surface area contributed by atoms with Gasteiger partial charge in [0.25, 0.3) is 0 Å². The second kappa shape index (κ2) is 6.50. The van der Waals surface area contributed by atoms with Crippen LogP contribution in [0.5, 0.6) is 0 Å². The van der Waals surface area contributed by atoms with Gasteiger partial charge in [0, 0.05) is 32.3 Å². The number of carbonyl (C=O) groups excluding carboxylic acids is 1. The summed E-state index contributed by atoms with van der Waals surface area (Å²) < 4.78 is 5.78. The highest BCUT2D eigenvalue weighted by atomic mass is 16.5. The summed E-state index contributed by atoms with van der Waals surface area (Å²) in [6.45, 7) is 5.54. The van der Waals surface area contributed by atoms with Gasteiger partial charge in [-0.05, 0) is 19.3 Å². The average molecular weight is 255 g/mol. The molecule has 2 rings (SSSR count). The maximum atomic E-state index is 11.5. The molecule has 5 nitrogen and oxygen atoms in total. The van der Waals surface area contributed by atoms with E-state index in [1.165, 1.54) is 0 Å². The van der Waals surface area contributed by atoms with E-state index in [4.69, 9.17) is 10.5 Å². The SMILES string of the molecule is CCCC1CC(N2CCNCC2C(N)=O)CCO1. The fourth-order valence-electron chi connectivity index (χ4n) is 3.11. The predicted molar refractivity (Wildman–Crippen MR) is 70.2 cm³/mol. The van der Waals surface area contributed by atoms with Crippen LogP contribution in [0.25, 0.3) is 0 Å². The average Bonchev–Trinajstić information content (AvgIpc) is 2.39. The molecule has 104 valence electrons. The molecule has 0 aliphatic carbocycles. The predicted octanol–water partition coefficient (Wildman–Crippen LogP) is 0.0932. The van der Waals surface area contributed by atoms with Gasteiger partial charge in [-0.3, -0.25) is 9.69 Å². The quantitative estimate of drug-likeness (QED) is 0.747.